The summed E-state index contributed by atoms with van der Waals surface area (Å²) in [6, 6.07) is 21.8. The summed E-state index contributed by atoms with van der Waals surface area (Å²) < 4.78 is 11.5. The maximum atomic E-state index is 12.5. The monoisotopic (exact) mass is 381 g/mol. The van der Waals surface area contributed by atoms with Crippen molar-refractivity contribution in [2.24, 2.45) is 0 Å². The van der Waals surface area contributed by atoms with Crippen LogP contribution in [0.5, 0.6) is 11.5 Å². The molecule has 0 aliphatic carbocycles. The highest BCUT2D eigenvalue weighted by Gasteiger charge is 2.12. The fourth-order valence-electron chi connectivity index (χ4n) is 2.55. The Hall–Kier alpha value is -2.98. The molecular formula is C22H20ClNO3. The summed E-state index contributed by atoms with van der Waals surface area (Å²) in [6.45, 7) is 2.73. The van der Waals surface area contributed by atoms with E-state index >= 15 is 0 Å². The number of nitrogens with one attached hydrogen (secondary N) is 1. The van der Waals surface area contributed by atoms with E-state index in [2.05, 4.69) is 5.32 Å². The quantitative estimate of drug-likeness (QED) is 0.582. The van der Waals surface area contributed by atoms with E-state index < -0.39 is 0 Å². The number of ether oxygens (including phenoxy) is 2. The first-order valence-corrected chi connectivity index (χ1v) is 9.04. The molecule has 5 heteroatoms. The summed E-state index contributed by atoms with van der Waals surface area (Å²) in [7, 11) is 0. The summed E-state index contributed by atoms with van der Waals surface area (Å²) >= 11 is 5.90. The van der Waals surface area contributed by atoms with Gasteiger partial charge >= 0.3 is 0 Å². The molecule has 1 amide bonds. The summed E-state index contributed by atoms with van der Waals surface area (Å²) in [5.74, 6) is 1.21. The van der Waals surface area contributed by atoms with Crippen LogP contribution in [-0.2, 0) is 6.61 Å². The summed E-state index contributed by atoms with van der Waals surface area (Å²) in [5, 5.41) is 3.53. The molecule has 0 saturated heterocycles. The molecule has 0 aliphatic heterocycles. The predicted molar refractivity (Wildman–Crippen MR) is 108 cm³/mol. The Kier molecular flexibility index (Phi) is 6.34. The van der Waals surface area contributed by atoms with Crippen molar-refractivity contribution < 1.29 is 14.3 Å². The van der Waals surface area contributed by atoms with Crippen LogP contribution in [0.25, 0.3) is 0 Å². The van der Waals surface area contributed by atoms with Crippen molar-refractivity contribution in [3.8, 4) is 11.5 Å². The Bertz CT molecular complexity index is 895. The molecule has 0 unspecified atom stereocenters. The third kappa shape index (κ3) is 5.25. The summed E-state index contributed by atoms with van der Waals surface area (Å²) in [4.78, 5) is 12.5. The maximum Gasteiger partial charge on any atom is 0.255 e. The van der Waals surface area contributed by atoms with Crippen molar-refractivity contribution in [2.45, 2.75) is 13.5 Å². The van der Waals surface area contributed by atoms with E-state index in [1.165, 1.54) is 0 Å². The molecule has 4 nitrogen and oxygen atoms in total. The van der Waals surface area contributed by atoms with Gasteiger partial charge in [0.05, 0.1) is 6.61 Å². The number of anilines is 1. The van der Waals surface area contributed by atoms with Gasteiger partial charge in [0.2, 0.25) is 0 Å². The minimum absolute atomic E-state index is 0.183. The molecule has 0 saturated carbocycles. The van der Waals surface area contributed by atoms with Gasteiger partial charge < -0.3 is 14.8 Å². The van der Waals surface area contributed by atoms with E-state index in [0.29, 0.717) is 28.7 Å². The van der Waals surface area contributed by atoms with E-state index in [1.807, 2.05) is 37.3 Å². The third-order valence-corrected chi connectivity index (χ3v) is 4.11. The molecule has 27 heavy (non-hydrogen) atoms. The van der Waals surface area contributed by atoms with Crippen LogP contribution in [-0.4, -0.2) is 12.5 Å². The predicted octanol–water partition coefficient (Wildman–Crippen LogP) is 5.57. The number of benzene rings is 3. The van der Waals surface area contributed by atoms with Crippen LogP contribution in [0.4, 0.5) is 5.69 Å². The molecule has 1 N–H and O–H groups in total. The summed E-state index contributed by atoms with van der Waals surface area (Å²) in [6.07, 6.45) is 0. The van der Waals surface area contributed by atoms with Gasteiger partial charge in [-0.3, -0.25) is 4.79 Å². The van der Waals surface area contributed by atoms with Gasteiger partial charge in [-0.1, -0.05) is 29.8 Å². The second-order valence-electron chi connectivity index (χ2n) is 5.82. The average molecular weight is 382 g/mol. The maximum absolute atomic E-state index is 12.5. The lowest BCUT2D eigenvalue weighted by molar-refractivity contribution is 0.102. The molecule has 0 radical (unpaired) electrons. The Morgan fingerprint density at radius 1 is 0.963 bits per heavy atom. The number of carbonyl (C=O) groups excluding carboxylic acids is 1. The van der Waals surface area contributed by atoms with Crippen molar-refractivity contribution in [3.05, 3.63) is 88.9 Å². The first-order chi connectivity index (χ1) is 13.2. The molecule has 0 fully saturated rings. The normalized spacial score (nSPS) is 10.3. The first-order valence-electron chi connectivity index (χ1n) is 8.66. The highest BCUT2D eigenvalue weighted by atomic mass is 35.5. The Morgan fingerprint density at radius 3 is 2.41 bits per heavy atom. The fraction of sp³-hybridized carbons (Fsp3) is 0.136. The van der Waals surface area contributed by atoms with Gasteiger partial charge in [-0.05, 0) is 61.5 Å². The molecule has 0 bridgehead atoms. The highest BCUT2D eigenvalue weighted by Crippen LogP contribution is 2.24. The molecule has 0 aromatic heterocycles. The van der Waals surface area contributed by atoms with Crippen molar-refractivity contribution in [2.75, 3.05) is 11.9 Å². The minimum atomic E-state index is -0.183. The topological polar surface area (TPSA) is 47.6 Å². The number of carbonyl (C=O) groups is 1. The van der Waals surface area contributed by atoms with Gasteiger partial charge in [0.25, 0.3) is 5.91 Å². The molecular weight excluding hydrogens is 362 g/mol. The van der Waals surface area contributed by atoms with E-state index in [1.54, 1.807) is 42.5 Å². The molecule has 138 valence electrons. The number of para-hydroxylation sites is 1. The van der Waals surface area contributed by atoms with Gasteiger partial charge in [0, 0.05) is 21.8 Å². The molecule has 3 aromatic carbocycles. The molecule has 0 heterocycles. The lowest BCUT2D eigenvalue weighted by Crippen LogP contribution is -2.13. The smallest absolute Gasteiger partial charge is 0.255 e. The SMILES string of the molecule is CCOc1ccc(C(=O)Nc2ccccc2)cc1COc1ccc(Cl)cc1. The van der Waals surface area contributed by atoms with E-state index in [-0.39, 0.29) is 12.5 Å². The second kappa shape index (κ2) is 9.10. The largest absolute Gasteiger partial charge is 0.493 e. The lowest BCUT2D eigenvalue weighted by Gasteiger charge is -2.13. The van der Waals surface area contributed by atoms with Gasteiger partial charge in [-0.2, -0.15) is 0 Å². The zero-order valence-corrected chi connectivity index (χ0v) is 15.7. The first kappa shape index (κ1) is 18.8. The van der Waals surface area contributed by atoms with Crippen LogP contribution in [0.2, 0.25) is 5.02 Å². The van der Waals surface area contributed by atoms with Crippen molar-refractivity contribution in [3.63, 3.8) is 0 Å². The lowest BCUT2D eigenvalue weighted by atomic mass is 10.1. The van der Waals surface area contributed by atoms with Crippen LogP contribution >= 0.6 is 11.6 Å². The highest BCUT2D eigenvalue weighted by molar-refractivity contribution is 6.30. The van der Waals surface area contributed by atoms with Gasteiger partial charge in [0.15, 0.2) is 0 Å². The van der Waals surface area contributed by atoms with Crippen LogP contribution in [0.3, 0.4) is 0 Å². The fourth-order valence-corrected chi connectivity index (χ4v) is 2.67. The minimum Gasteiger partial charge on any atom is -0.493 e. The number of rotatable bonds is 7. The Labute approximate surface area is 163 Å². The molecule has 0 aliphatic rings. The average Bonchev–Trinajstić information content (AvgIpc) is 2.69. The number of amides is 1. The van der Waals surface area contributed by atoms with Crippen LogP contribution in [0.15, 0.2) is 72.8 Å². The van der Waals surface area contributed by atoms with Crippen LogP contribution in [0, 0.1) is 0 Å². The molecule has 0 atom stereocenters. The van der Waals surface area contributed by atoms with E-state index in [0.717, 1.165) is 11.3 Å². The number of hydrogen-bond donors (Lipinski definition) is 1. The molecule has 0 spiro atoms. The van der Waals surface area contributed by atoms with Crippen molar-refractivity contribution >= 4 is 23.2 Å². The number of hydrogen-bond acceptors (Lipinski definition) is 3. The molecule has 3 aromatic rings. The van der Waals surface area contributed by atoms with Crippen LogP contribution < -0.4 is 14.8 Å². The van der Waals surface area contributed by atoms with Gasteiger partial charge in [0.1, 0.15) is 18.1 Å². The number of halogens is 1. The van der Waals surface area contributed by atoms with E-state index in [4.69, 9.17) is 21.1 Å². The van der Waals surface area contributed by atoms with Gasteiger partial charge in [-0.25, -0.2) is 0 Å². The van der Waals surface area contributed by atoms with Crippen molar-refractivity contribution in [1.29, 1.82) is 0 Å². The summed E-state index contributed by atoms with van der Waals surface area (Å²) in [5.41, 5.74) is 2.08. The third-order valence-electron chi connectivity index (χ3n) is 3.86. The van der Waals surface area contributed by atoms with E-state index in [9.17, 15) is 4.79 Å². The Morgan fingerprint density at radius 2 is 1.70 bits per heavy atom. The zero-order chi connectivity index (χ0) is 19.1. The standard InChI is InChI=1S/C22H20ClNO3/c1-2-26-21-13-8-16(22(25)24-19-6-4-3-5-7-19)14-17(21)15-27-20-11-9-18(23)10-12-20/h3-14H,2,15H2,1H3,(H,24,25). The van der Waals surface area contributed by atoms with Gasteiger partial charge in [-0.15, -0.1) is 0 Å². The molecule has 3 rings (SSSR count). The van der Waals surface area contributed by atoms with Crippen LogP contribution in [0.1, 0.15) is 22.8 Å². The van der Waals surface area contributed by atoms with Crippen molar-refractivity contribution in [1.82, 2.24) is 0 Å². The second-order valence-corrected chi connectivity index (χ2v) is 6.25. The Balaban J connectivity index is 1.77. The zero-order valence-electron chi connectivity index (χ0n) is 14.9.